The highest BCUT2D eigenvalue weighted by atomic mass is 32.1. The van der Waals surface area contributed by atoms with Gasteiger partial charge in [-0.1, -0.05) is 36.4 Å². The molecule has 0 aliphatic carbocycles. The Labute approximate surface area is 142 Å². The highest BCUT2D eigenvalue weighted by Crippen LogP contribution is 2.27. The molecule has 0 aliphatic heterocycles. The van der Waals surface area contributed by atoms with Crippen molar-refractivity contribution in [1.82, 2.24) is 9.97 Å². The molecule has 0 fully saturated rings. The topological polar surface area (TPSA) is 72.0 Å². The molecule has 0 saturated carbocycles. The van der Waals surface area contributed by atoms with Gasteiger partial charge >= 0.3 is 5.97 Å². The van der Waals surface area contributed by atoms with Crippen LogP contribution in [0.4, 0.5) is 0 Å². The Kier molecular flexibility index (Phi) is 4.57. The number of thiophene rings is 1. The summed E-state index contributed by atoms with van der Waals surface area (Å²) in [5.74, 6) is 0.0877. The molecule has 1 N–H and O–H groups in total. The fourth-order valence-corrected chi connectivity index (χ4v) is 3.51. The summed E-state index contributed by atoms with van der Waals surface area (Å²) in [6, 6.07) is 9.76. The fourth-order valence-electron chi connectivity index (χ4n) is 2.38. The van der Waals surface area contributed by atoms with E-state index in [2.05, 4.69) is 9.97 Å². The van der Waals surface area contributed by atoms with Gasteiger partial charge in [0.2, 0.25) is 0 Å². The lowest BCUT2D eigenvalue weighted by atomic mass is 10.2. The number of esters is 1. The summed E-state index contributed by atoms with van der Waals surface area (Å²) >= 11 is 1.19. The van der Waals surface area contributed by atoms with Crippen LogP contribution < -0.4 is 5.56 Å². The summed E-state index contributed by atoms with van der Waals surface area (Å²) in [7, 11) is 0. The number of hydrogen-bond donors (Lipinski definition) is 1. The minimum absolute atomic E-state index is 0.171. The summed E-state index contributed by atoms with van der Waals surface area (Å²) in [6.45, 7) is 3.62. The number of benzene rings is 1. The van der Waals surface area contributed by atoms with Crippen molar-refractivity contribution in [2.24, 2.45) is 0 Å². The average Bonchev–Trinajstić information content (AvgIpc) is 2.89. The van der Waals surface area contributed by atoms with Crippen molar-refractivity contribution in [1.29, 1.82) is 0 Å². The van der Waals surface area contributed by atoms with Crippen molar-refractivity contribution in [3.8, 4) is 0 Å². The van der Waals surface area contributed by atoms with Gasteiger partial charge in [0.25, 0.3) is 5.56 Å². The van der Waals surface area contributed by atoms with E-state index in [9.17, 15) is 9.59 Å². The first-order valence-electron chi connectivity index (χ1n) is 7.45. The van der Waals surface area contributed by atoms with Crippen molar-refractivity contribution in [2.45, 2.75) is 13.8 Å². The van der Waals surface area contributed by atoms with Crippen molar-refractivity contribution >= 4 is 33.6 Å². The molecule has 5 nitrogen and oxygen atoms in total. The number of nitrogens with zero attached hydrogens (tertiary/aromatic N) is 1. The zero-order chi connectivity index (χ0) is 17.1. The number of aromatic nitrogens is 2. The van der Waals surface area contributed by atoms with Crippen LogP contribution >= 0.6 is 11.3 Å². The van der Waals surface area contributed by atoms with Crippen LogP contribution in [0.1, 0.15) is 26.6 Å². The summed E-state index contributed by atoms with van der Waals surface area (Å²) in [5.41, 5.74) is 1.42. The summed E-state index contributed by atoms with van der Waals surface area (Å²) in [4.78, 5) is 32.2. The van der Waals surface area contributed by atoms with Gasteiger partial charge in [0.05, 0.1) is 5.39 Å². The van der Waals surface area contributed by atoms with Crippen LogP contribution in [-0.4, -0.2) is 22.5 Å². The second-order valence-electron chi connectivity index (χ2n) is 5.30. The third-order valence-corrected chi connectivity index (χ3v) is 4.69. The molecule has 0 aliphatic rings. The summed E-state index contributed by atoms with van der Waals surface area (Å²) in [5, 5.41) is 0.456. The molecule has 0 bridgehead atoms. The number of carbonyl (C=O) groups is 1. The molecule has 0 atom stereocenters. The maximum absolute atomic E-state index is 12.3. The van der Waals surface area contributed by atoms with Crippen molar-refractivity contribution < 1.29 is 9.53 Å². The Hall–Kier alpha value is -2.73. The minimum atomic E-state index is -0.440. The van der Waals surface area contributed by atoms with Gasteiger partial charge < -0.3 is 9.72 Å². The molecule has 3 rings (SSSR count). The molecule has 6 heteroatoms. The van der Waals surface area contributed by atoms with Crippen LogP contribution in [0.25, 0.3) is 16.3 Å². The third kappa shape index (κ3) is 3.28. The quantitative estimate of drug-likeness (QED) is 0.738. The molecule has 0 radical (unpaired) electrons. The predicted molar refractivity (Wildman–Crippen MR) is 95.5 cm³/mol. The van der Waals surface area contributed by atoms with Crippen LogP contribution in [-0.2, 0) is 4.74 Å². The molecule has 0 amide bonds. The Bertz CT molecular complexity index is 971. The van der Waals surface area contributed by atoms with Gasteiger partial charge in [-0.2, -0.15) is 0 Å². The van der Waals surface area contributed by atoms with Gasteiger partial charge in [-0.25, -0.2) is 9.78 Å². The van der Waals surface area contributed by atoms with Gasteiger partial charge in [-0.15, -0.1) is 11.3 Å². The van der Waals surface area contributed by atoms with Crippen LogP contribution in [0.15, 0.2) is 41.2 Å². The Morgan fingerprint density at radius 1 is 1.29 bits per heavy atom. The van der Waals surface area contributed by atoms with E-state index >= 15 is 0 Å². The highest BCUT2D eigenvalue weighted by Gasteiger charge is 2.19. The van der Waals surface area contributed by atoms with E-state index in [1.54, 1.807) is 19.9 Å². The number of fused-ring (bicyclic) bond motifs is 1. The first-order valence-corrected chi connectivity index (χ1v) is 8.26. The van der Waals surface area contributed by atoms with Crippen LogP contribution in [0.2, 0.25) is 0 Å². The van der Waals surface area contributed by atoms with Crippen LogP contribution in [0.5, 0.6) is 0 Å². The van der Waals surface area contributed by atoms with Crippen LogP contribution in [0.3, 0.4) is 0 Å². The minimum Gasteiger partial charge on any atom is -0.457 e. The highest BCUT2D eigenvalue weighted by molar-refractivity contribution is 7.20. The van der Waals surface area contributed by atoms with Crippen molar-refractivity contribution in [3.05, 3.63) is 68.6 Å². The zero-order valence-corrected chi connectivity index (χ0v) is 14.1. The van der Waals surface area contributed by atoms with Crippen LogP contribution in [0, 0.1) is 13.8 Å². The van der Waals surface area contributed by atoms with E-state index in [0.29, 0.717) is 26.5 Å². The second-order valence-corrected chi connectivity index (χ2v) is 6.30. The first-order chi connectivity index (χ1) is 11.6. The van der Waals surface area contributed by atoms with Crippen molar-refractivity contribution in [3.63, 3.8) is 0 Å². The van der Waals surface area contributed by atoms with Gasteiger partial charge in [-0.3, -0.25) is 4.79 Å². The summed E-state index contributed by atoms with van der Waals surface area (Å²) in [6.07, 6.45) is 3.67. The molecular weight excluding hydrogens is 324 g/mol. The molecule has 3 aromatic rings. The van der Waals surface area contributed by atoms with E-state index in [1.807, 2.05) is 36.4 Å². The van der Waals surface area contributed by atoms with Gasteiger partial charge in [0.15, 0.2) is 0 Å². The molecule has 0 spiro atoms. The van der Waals surface area contributed by atoms with Gasteiger partial charge in [0, 0.05) is 0 Å². The first kappa shape index (κ1) is 16.1. The molecule has 2 heterocycles. The smallest absolute Gasteiger partial charge is 0.348 e. The lowest BCUT2D eigenvalue weighted by Crippen LogP contribution is -2.10. The largest absolute Gasteiger partial charge is 0.457 e. The van der Waals surface area contributed by atoms with Gasteiger partial charge in [0.1, 0.15) is 22.1 Å². The maximum atomic E-state index is 12.3. The van der Waals surface area contributed by atoms with E-state index in [1.165, 1.54) is 11.3 Å². The molecule has 24 heavy (non-hydrogen) atoms. The number of aromatic amines is 1. The van der Waals surface area contributed by atoms with Crippen molar-refractivity contribution in [2.75, 3.05) is 6.61 Å². The fraction of sp³-hybridized carbons (Fsp3) is 0.167. The van der Waals surface area contributed by atoms with E-state index in [0.717, 1.165) is 5.56 Å². The average molecular weight is 340 g/mol. The molecule has 122 valence electrons. The van der Waals surface area contributed by atoms with E-state index in [4.69, 9.17) is 4.74 Å². The number of H-pyrrole nitrogens is 1. The lowest BCUT2D eigenvalue weighted by Gasteiger charge is -2.00. The third-order valence-electron chi connectivity index (χ3n) is 3.52. The molecule has 2 aromatic heterocycles. The van der Waals surface area contributed by atoms with Gasteiger partial charge in [-0.05, 0) is 31.1 Å². The number of ether oxygens (including phenoxy) is 1. The second kappa shape index (κ2) is 6.80. The zero-order valence-electron chi connectivity index (χ0n) is 13.3. The number of hydrogen-bond acceptors (Lipinski definition) is 5. The Morgan fingerprint density at radius 3 is 2.79 bits per heavy atom. The number of nitrogens with one attached hydrogen (secondary N) is 1. The Morgan fingerprint density at radius 2 is 2.04 bits per heavy atom. The SMILES string of the molecule is Cc1nc2sc(C(=O)OC/C=C/c3ccccc3)c(C)c2c(=O)[nH]1. The normalized spacial score (nSPS) is 11.2. The Balaban J connectivity index is 1.75. The number of rotatable bonds is 4. The summed E-state index contributed by atoms with van der Waals surface area (Å²) < 4.78 is 5.27. The molecular formula is C18H16N2O3S. The maximum Gasteiger partial charge on any atom is 0.348 e. The molecule has 0 unspecified atom stereocenters. The molecule has 1 aromatic carbocycles. The molecule has 0 saturated heterocycles. The monoisotopic (exact) mass is 340 g/mol. The number of aryl methyl sites for hydroxylation is 2. The lowest BCUT2D eigenvalue weighted by molar-refractivity contribution is 0.0555. The van der Waals surface area contributed by atoms with E-state index < -0.39 is 5.97 Å². The number of carbonyl (C=O) groups excluding carboxylic acids is 1. The standard InChI is InChI=1S/C18H16N2O3S/c1-11-14-16(21)19-12(2)20-17(14)24-15(11)18(22)23-10-6-9-13-7-4-3-5-8-13/h3-9H,10H2,1-2H3,(H,19,20,21)/b9-6+. The van der Waals surface area contributed by atoms with E-state index in [-0.39, 0.29) is 12.2 Å². The predicted octanol–water partition coefficient (Wildman–Crippen LogP) is 3.47.